The highest BCUT2D eigenvalue weighted by atomic mass is 19.1. The second-order valence-electron chi connectivity index (χ2n) is 9.16. The molecule has 0 radical (unpaired) electrons. The largest absolute Gasteiger partial charge is 0.477 e. The monoisotopic (exact) mass is 486 g/mol. The van der Waals surface area contributed by atoms with Crippen LogP contribution in [0.2, 0.25) is 0 Å². The van der Waals surface area contributed by atoms with E-state index in [1.807, 2.05) is 54.6 Å². The highest BCUT2D eigenvalue weighted by Crippen LogP contribution is 2.25. The number of aromatic carboxylic acids is 1. The van der Waals surface area contributed by atoms with E-state index in [0.29, 0.717) is 30.2 Å². The molecule has 36 heavy (non-hydrogen) atoms. The first-order valence-electron chi connectivity index (χ1n) is 12.4. The SMILES string of the molecule is CCCC(CC)CNc1cc2c(cc1F)c(=O)c(C(=O)O)cn2Cc1ccc(-c2ccccc2)cc1. The number of nitrogens with one attached hydrogen (secondary N) is 1. The molecule has 0 aliphatic heterocycles. The molecule has 0 spiro atoms. The molecule has 0 fully saturated rings. The van der Waals surface area contributed by atoms with Crippen molar-refractivity contribution in [3.63, 3.8) is 0 Å². The van der Waals surface area contributed by atoms with E-state index in [1.165, 1.54) is 6.20 Å². The van der Waals surface area contributed by atoms with Crippen LogP contribution in [0.1, 0.15) is 49.0 Å². The Kier molecular flexibility index (Phi) is 7.84. The molecule has 1 unspecified atom stereocenters. The van der Waals surface area contributed by atoms with Crippen LogP contribution in [0.25, 0.3) is 22.0 Å². The van der Waals surface area contributed by atoms with Gasteiger partial charge in [0, 0.05) is 24.7 Å². The molecular formula is C30H31FN2O3. The number of pyridine rings is 1. The quantitative estimate of drug-likeness (QED) is 0.259. The number of carboxylic acid groups (broad SMARTS) is 1. The third-order valence-electron chi connectivity index (χ3n) is 6.67. The summed E-state index contributed by atoms with van der Waals surface area (Å²) in [6, 6.07) is 20.8. The van der Waals surface area contributed by atoms with Crippen molar-refractivity contribution in [2.24, 2.45) is 5.92 Å². The maximum Gasteiger partial charge on any atom is 0.341 e. The van der Waals surface area contributed by atoms with Gasteiger partial charge in [0.15, 0.2) is 0 Å². The van der Waals surface area contributed by atoms with Crippen molar-refractivity contribution in [3.05, 3.63) is 100 Å². The maximum atomic E-state index is 15.0. The molecule has 0 aliphatic rings. The van der Waals surface area contributed by atoms with Crippen LogP contribution in [0.5, 0.6) is 0 Å². The molecule has 5 nitrogen and oxygen atoms in total. The molecule has 1 aromatic heterocycles. The summed E-state index contributed by atoms with van der Waals surface area (Å²) < 4.78 is 16.7. The van der Waals surface area contributed by atoms with Gasteiger partial charge in [0.1, 0.15) is 11.4 Å². The lowest BCUT2D eigenvalue weighted by atomic mass is 10.0. The topological polar surface area (TPSA) is 71.3 Å². The lowest BCUT2D eigenvalue weighted by Gasteiger charge is -2.18. The number of carboxylic acids is 1. The van der Waals surface area contributed by atoms with E-state index < -0.39 is 17.2 Å². The van der Waals surface area contributed by atoms with Gasteiger partial charge in [0.05, 0.1) is 11.2 Å². The number of rotatable bonds is 10. The Morgan fingerprint density at radius 2 is 1.72 bits per heavy atom. The van der Waals surface area contributed by atoms with Crippen LogP contribution in [0.15, 0.2) is 77.7 Å². The average Bonchev–Trinajstić information content (AvgIpc) is 2.89. The third kappa shape index (κ3) is 5.48. The Labute approximate surface area is 210 Å². The Bertz CT molecular complexity index is 1410. The molecule has 6 heteroatoms. The van der Waals surface area contributed by atoms with E-state index in [9.17, 15) is 19.1 Å². The lowest BCUT2D eigenvalue weighted by Crippen LogP contribution is -2.20. The highest BCUT2D eigenvalue weighted by Gasteiger charge is 2.18. The summed E-state index contributed by atoms with van der Waals surface area (Å²) in [4.78, 5) is 24.6. The van der Waals surface area contributed by atoms with Gasteiger partial charge in [0.2, 0.25) is 5.43 Å². The minimum Gasteiger partial charge on any atom is -0.477 e. The van der Waals surface area contributed by atoms with Gasteiger partial charge in [-0.25, -0.2) is 9.18 Å². The second-order valence-corrected chi connectivity index (χ2v) is 9.16. The Hall–Kier alpha value is -3.93. The number of hydrogen-bond acceptors (Lipinski definition) is 3. The lowest BCUT2D eigenvalue weighted by molar-refractivity contribution is 0.0695. The van der Waals surface area contributed by atoms with E-state index in [-0.39, 0.29) is 10.9 Å². The molecule has 2 N–H and O–H groups in total. The summed E-state index contributed by atoms with van der Waals surface area (Å²) in [7, 11) is 0. The fourth-order valence-electron chi connectivity index (χ4n) is 4.57. The molecular weight excluding hydrogens is 455 g/mol. The third-order valence-corrected chi connectivity index (χ3v) is 6.67. The van der Waals surface area contributed by atoms with Crippen LogP contribution >= 0.6 is 0 Å². The van der Waals surface area contributed by atoms with E-state index in [0.717, 1.165) is 42.0 Å². The maximum absolute atomic E-state index is 15.0. The number of carbonyl (C=O) groups is 1. The fraction of sp³-hybridized carbons (Fsp3) is 0.267. The van der Waals surface area contributed by atoms with Crippen LogP contribution in [0, 0.1) is 11.7 Å². The number of hydrogen-bond donors (Lipinski definition) is 2. The molecule has 4 aromatic rings. The van der Waals surface area contributed by atoms with Crippen molar-refractivity contribution < 1.29 is 14.3 Å². The van der Waals surface area contributed by atoms with Crippen molar-refractivity contribution in [3.8, 4) is 11.1 Å². The number of fused-ring (bicyclic) bond motifs is 1. The molecule has 0 aliphatic carbocycles. The molecule has 0 saturated carbocycles. The van der Waals surface area contributed by atoms with Crippen molar-refractivity contribution >= 4 is 22.6 Å². The van der Waals surface area contributed by atoms with Crippen LogP contribution in [-0.4, -0.2) is 22.2 Å². The standard InChI is InChI=1S/C30H31FN2O3/c1-3-8-20(4-2)17-32-27-16-28-24(15-26(27)31)29(34)25(30(35)36)19-33(28)18-21-11-13-23(14-12-21)22-9-6-5-7-10-22/h5-7,9-16,19-20,32H,3-4,8,17-18H2,1-2H3,(H,35,36). The highest BCUT2D eigenvalue weighted by molar-refractivity contribution is 5.93. The van der Waals surface area contributed by atoms with Crippen molar-refractivity contribution in [2.75, 3.05) is 11.9 Å². The van der Waals surface area contributed by atoms with Gasteiger partial charge in [-0.1, -0.05) is 81.3 Å². The molecule has 4 rings (SSSR count). The van der Waals surface area contributed by atoms with Crippen LogP contribution in [0.4, 0.5) is 10.1 Å². The number of halogens is 1. The Morgan fingerprint density at radius 1 is 1.03 bits per heavy atom. The van der Waals surface area contributed by atoms with Gasteiger partial charge >= 0.3 is 5.97 Å². The molecule has 1 heterocycles. The van der Waals surface area contributed by atoms with Gasteiger partial charge in [-0.05, 0) is 41.2 Å². The molecule has 0 amide bonds. The van der Waals surface area contributed by atoms with Gasteiger partial charge in [-0.2, -0.15) is 0 Å². The van der Waals surface area contributed by atoms with E-state index >= 15 is 0 Å². The molecule has 0 bridgehead atoms. The fourth-order valence-corrected chi connectivity index (χ4v) is 4.57. The van der Waals surface area contributed by atoms with E-state index in [1.54, 1.807) is 10.6 Å². The first-order chi connectivity index (χ1) is 17.4. The number of benzene rings is 3. The Morgan fingerprint density at radius 3 is 2.36 bits per heavy atom. The molecule has 186 valence electrons. The zero-order chi connectivity index (χ0) is 25.7. The van der Waals surface area contributed by atoms with Crippen LogP contribution in [-0.2, 0) is 6.54 Å². The molecule has 0 saturated heterocycles. The summed E-state index contributed by atoms with van der Waals surface area (Å²) in [6.45, 7) is 5.22. The van der Waals surface area contributed by atoms with Gasteiger partial charge in [-0.3, -0.25) is 4.79 Å². The van der Waals surface area contributed by atoms with Crippen molar-refractivity contribution in [2.45, 2.75) is 39.7 Å². The predicted molar refractivity (Wildman–Crippen MR) is 143 cm³/mol. The minimum atomic E-state index is -1.33. The zero-order valence-corrected chi connectivity index (χ0v) is 20.6. The summed E-state index contributed by atoms with van der Waals surface area (Å²) in [5.41, 5.74) is 2.85. The minimum absolute atomic E-state index is 0.0551. The first kappa shape index (κ1) is 25.2. The predicted octanol–water partition coefficient (Wildman–Crippen LogP) is 6.79. The summed E-state index contributed by atoms with van der Waals surface area (Å²) in [5.74, 6) is -1.47. The van der Waals surface area contributed by atoms with E-state index in [2.05, 4.69) is 19.2 Å². The number of anilines is 1. The number of nitrogens with zero attached hydrogens (tertiary/aromatic N) is 1. The van der Waals surface area contributed by atoms with Crippen LogP contribution in [0.3, 0.4) is 0 Å². The van der Waals surface area contributed by atoms with Gasteiger partial charge in [0.25, 0.3) is 0 Å². The summed E-state index contributed by atoms with van der Waals surface area (Å²) in [5, 5.41) is 12.9. The van der Waals surface area contributed by atoms with Crippen molar-refractivity contribution in [1.82, 2.24) is 4.57 Å². The summed E-state index contributed by atoms with van der Waals surface area (Å²) in [6.07, 6.45) is 4.44. The smallest absolute Gasteiger partial charge is 0.341 e. The zero-order valence-electron chi connectivity index (χ0n) is 20.6. The van der Waals surface area contributed by atoms with Crippen molar-refractivity contribution in [1.29, 1.82) is 0 Å². The van der Waals surface area contributed by atoms with Gasteiger partial charge < -0.3 is 15.0 Å². The van der Waals surface area contributed by atoms with Crippen LogP contribution < -0.4 is 10.7 Å². The second kappa shape index (κ2) is 11.2. The molecule has 1 atom stereocenters. The average molecular weight is 487 g/mol. The van der Waals surface area contributed by atoms with E-state index in [4.69, 9.17) is 0 Å². The molecule has 3 aromatic carbocycles. The number of aromatic nitrogens is 1. The normalized spacial score (nSPS) is 12.0. The Balaban J connectivity index is 1.72. The summed E-state index contributed by atoms with van der Waals surface area (Å²) >= 11 is 0. The first-order valence-corrected chi connectivity index (χ1v) is 12.4. The van der Waals surface area contributed by atoms with Gasteiger partial charge in [-0.15, -0.1) is 0 Å².